The monoisotopic (exact) mass is 397 g/mol. The lowest BCUT2D eigenvalue weighted by molar-refractivity contribution is -0.116. The van der Waals surface area contributed by atoms with E-state index in [1.807, 2.05) is 57.2 Å². The Morgan fingerprint density at radius 3 is 3.00 bits per heavy atom. The Morgan fingerprint density at radius 1 is 1.39 bits per heavy atom. The van der Waals surface area contributed by atoms with Gasteiger partial charge in [-0.05, 0) is 39.0 Å². The maximum absolute atomic E-state index is 12.8. The second-order valence-corrected chi connectivity index (χ2v) is 7.89. The standard InChI is InChI=1S/C21H23N3O3S/c1-4-26-18-10-14-9-12(2)27-17(14)11-16(18)23-20(25)13(3)22-21-24-15-7-5-6-8-19(15)28-21/h5-8,10-13H,4,9H2,1-3H3,(H,22,24)(H,23,25). The smallest absolute Gasteiger partial charge is 0.246 e. The molecule has 28 heavy (non-hydrogen) atoms. The molecule has 6 nitrogen and oxygen atoms in total. The van der Waals surface area contributed by atoms with Crippen LogP contribution in [0, 0.1) is 0 Å². The number of ether oxygens (including phenoxy) is 2. The fraction of sp³-hybridized carbons (Fsp3) is 0.333. The fourth-order valence-electron chi connectivity index (χ4n) is 3.24. The number of aromatic nitrogens is 1. The second kappa shape index (κ2) is 7.67. The number of benzene rings is 2. The molecule has 4 rings (SSSR count). The van der Waals surface area contributed by atoms with Gasteiger partial charge in [-0.2, -0.15) is 0 Å². The molecule has 3 aromatic rings. The summed E-state index contributed by atoms with van der Waals surface area (Å²) in [5.41, 5.74) is 2.65. The average Bonchev–Trinajstić information content (AvgIpc) is 3.23. The SMILES string of the molecule is CCOc1cc2c(cc1NC(=O)C(C)Nc1nc3ccccc3s1)OC(C)C2. The molecule has 146 valence electrons. The van der Waals surface area contributed by atoms with Crippen LogP contribution in [-0.4, -0.2) is 29.6 Å². The number of fused-ring (bicyclic) bond motifs is 2. The molecule has 1 aliphatic rings. The van der Waals surface area contributed by atoms with Crippen molar-refractivity contribution in [3.05, 3.63) is 42.0 Å². The van der Waals surface area contributed by atoms with Gasteiger partial charge < -0.3 is 20.1 Å². The van der Waals surface area contributed by atoms with Crippen LogP contribution in [0.4, 0.5) is 10.8 Å². The number of hydrogen-bond donors (Lipinski definition) is 2. The third-order valence-electron chi connectivity index (χ3n) is 4.58. The van der Waals surface area contributed by atoms with E-state index in [9.17, 15) is 4.79 Å². The summed E-state index contributed by atoms with van der Waals surface area (Å²) in [5.74, 6) is 1.31. The van der Waals surface area contributed by atoms with E-state index in [-0.39, 0.29) is 12.0 Å². The van der Waals surface area contributed by atoms with Crippen LogP contribution in [0.5, 0.6) is 11.5 Å². The lowest BCUT2D eigenvalue weighted by Gasteiger charge is -2.17. The van der Waals surface area contributed by atoms with Gasteiger partial charge in [0.1, 0.15) is 23.6 Å². The van der Waals surface area contributed by atoms with Crippen molar-refractivity contribution in [2.45, 2.75) is 39.3 Å². The van der Waals surface area contributed by atoms with E-state index in [0.717, 1.165) is 33.1 Å². The van der Waals surface area contributed by atoms with Crippen LogP contribution in [0.2, 0.25) is 0 Å². The quantitative estimate of drug-likeness (QED) is 0.643. The molecule has 0 saturated carbocycles. The number of thiazole rings is 1. The molecule has 0 saturated heterocycles. The Bertz CT molecular complexity index is 984. The van der Waals surface area contributed by atoms with Crippen LogP contribution in [0.15, 0.2) is 36.4 Å². The summed E-state index contributed by atoms with van der Waals surface area (Å²) in [6, 6.07) is 11.3. The van der Waals surface area contributed by atoms with Gasteiger partial charge in [-0.1, -0.05) is 23.5 Å². The molecule has 0 radical (unpaired) electrons. The highest BCUT2D eigenvalue weighted by molar-refractivity contribution is 7.22. The molecule has 2 N–H and O–H groups in total. The number of hydrogen-bond acceptors (Lipinski definition) is 6. The van der Waals surface area contributed by atoms with E-state index in [4.69, 9.17) is 9.47 Å². The van der Waals surface area contributed by atoms with Gasteiger partial charge in [0.25, 0.3) is 0 Å². The van der Waals surface area contributed by atoms with Crippen molar-refractivity contribution in [2.24, 2.45) is 0 Å². The summed E-state index contributed by atoms with van der Waals surface area (Å²) in [4.78, 5) is 17.3. The highest BCUT2D eigenvalue weighted by atomic mass is 32.1. The van der Waals surface area contributed by atoms with Gasteiger partial charge in [0, 0.05) is 18.1 Å². The first kappa shape index (κ1) is 18.6. The minimum atomic E-state index is -0.455. The Morgan fingerprint density at radius 2 is 2.21 bits per heavy atom. The zero-order valence-corrected chi connectivity index (χ0v) is 16.9. The molecule has 2 aromatic carbocycles. The van der Waals surface area contributed by atoms with Crippen LogP contribution >= 0.6 is 11.3 Å². The highest BCUT2D eigenvalue weighted by Crippen LogP contribution is 2.38. The Kier molecular flexibility index (Phi) is 5.09. The van der Waals surface area contributed by atoms with Crippen molar-refractivity contribution in [1.29, 1.82) is 0 Å². The van der Waals surface area contributed by atoms with Crippen LogP contribution in [0.3, 0.4) is 0 Å². The molecule has 1 aromatic heterocycles. The van der Waals surface area contributed by atoms with Crippen molar-refractivity contribution >= 4 is 38.3 Å². The predicted molar refractivity (Wildman–Crippen MR) is 113 cm³/mol. The highest BCUT2D eigenvalue weighted by Gasteiger charge is 2.23. The summed E-state index contributed by atoms with van der Waals surface area (Å²) >= 11 is 1.53. The number of carbonyl (C=O) groups is 1. The van der Waals surface area contributed by atoms with Gasteiger partial charge in [0.05, 0.1) is 22.5 Å². The van der Waals surface area contributed by atoms with Gasteiger partial charge in [-0.25, -0.2) is 4.98 Å². The molecule has 2 atom stereocenters. The molecular formula is C21H23N3O3S. The maximum Gasteiger partial charge on any atom is 0.246 e. The van der Waals surface area contributed by atoms with Crippen molar-refractivity contribution < 1.29 is 14.3 Å². The molecule has 0 fully saturated rings. The fourth-order valence-corrected chi connectivity index (χ4v) is 4.19. The van der Waals surface area contributed by atoms with E-state index in [1.165, 1.54) is 11.3 Å². The van der Waals surface area contributed by atoms with Crippen molar-refractivity contribution in [2.75, 3.05) is 17.2 Å². The summed E-state index contributed by atoms with van der Waals surface area (Å²) < 4.78 is 12.6. The lowest BCUT2D eigenvalue weighted by atomic mass is 10.1. The minimum absolute atomic E-state index is 0.134. The lowest BCUT2D eigenvalue weighted by Crippen LogP contribution is -2.32. The van der Waals surface area contributed by atoms with Crippen molar-refractivity contribution in [3.63, 3.8) is 0 Å². The molecule has 1 amide bonds. The van der Waals surface area contributed by atoms with Crippen molar-refractivity contribution in [3.8, 4) is 11.5 Å². The summed E-state index contributed by atoms with van der Waals surface area (Å²) in [6.07, 6.45) is 0.981. The van der Waals surface area contributed by atoms with Gasteiger partial charge in [-0.15, -0.1) is 0 Å². The van der Waals surface area contributed by atoms with Crippen molar-refractivity contribution in [1.82, 2.24) is 4.98 Å². The normalized spacial score (nSPS) is 16.3. The molecule has 0 bridgehead atoms. The zero-order chi connectivity index (χ0) is 19.7. The first-order valence-electron chi connectivity index (χ1n) is 9.43. The largest absolute Gasteiger partial charge is 0.492 e. The number of anilines is 2. The molecule has 2 heterocycles. The Hall–Kier alpha value is -2.80. The Balaban J connectivity index is 1.50. The average molecular weight is 398 g/mol. The maximum atomic E-state index is 12.8. The number of carbonyl (C=O) groups excluding carboxylic acids is 1. The number of rotatable bonds is 6. The van der Waals surface area contributed by atoms with Gasteiger partial charge >= 0.3 is 0 Å². The summed E-state index contributed by atoms with van der Waals surface area (Å²) in [7, 11) is 0. The van der Waals surface area contributed by atoms with E-state index in [0.29, 0.717) is 18.0 Å². The van der Waals surface area contributed by atoms with Crippen LogP contribution in [0.25, 0.3) is 10.2 Å². The van der Waals surface area contributed by atoms with Gasteiger partial charge in [0.2, 0.25) is 5.91 Å². The number of nitrogens with one attached hydrogen (secondary N) is 2. The van der Waals surface area contributed by atoms with E-state index < -0.39 is 6.04 Å². The minimum Gasteiger partial charge on any atom is -0.492 e. The number of para-hydroxylation sites is 1. The molecule has 0 aliphatic carbocycles. The first-order chi connectivity index (χ1) is 13.5. The van der Waals surface area contributed by atoms with Crippen LogP contribution < -0.4 is 20.1 Å². The van der Waals surface area contributed by atoms with Crippen LogP contribution in [0.1, 0.15) is 26.3 Å². The number of amides is 1. The second-order valence-electron chi connectivity index (χ2n) is 6.86. The third-order valence-corrected chi connectivity index (χ3v) is 5.55. The van der Waals surface area contributed by atoms with Gasteiger partial charge in [0.15, 0.2) is 5.13 Å². The molecule has 0 spiro atoms. The first-order valence-corrected chi connectivity index (χ1v) is 10.2. The summed E-state index contributed by atoms with van der Waals surface area (Å²) in [6.45, 7) is 6.29. The van der Waals surface area contributed by atoms with E-state index in [2.05, 4.69) is 15.6 Å². The van der Waals surface area contributed by atoms with Gasteiger partial charge in [-0.3, -0.25) is 4.79 Å². The topological polar surface area (TPSA) is 72.5 Å². The molecule has 1 aliphatic heterocycles. The van der Waals surface area contributed by atoms with E-state index in [1.54, 1.807) is 0 Å². The molecule has 2 unspecified atom stereocenters. The van der Waals surface area contributed by atoms with Crippen LogP contribution in [-0.2, 0) is 11.2 Å². The number of nitrogens with zero attached hydrogens (tertiary/aromatic N) is 1. The van der Waals surface area contributed by atoms with E-state index >= 15 is 0 Å². The molecule has 7 heteroatoms. The third kappa shape index (κ3) is 3.75. The Labute approximate surface area is 167 Å². The predicted octanol–water partition coefficient (Wildman–Crippen LogP) is 4.46. The zero-order valence-electron chi connectivity index (χ0n) is 16.1. The summed E-state index contributed by atoms with van der Waals surface area (Å²) in [5, 5.41) is 6.87. The molecular weight excluding hydrogens is 374 g/mol.